The number of phenolic OH excluding ortho intramolecular Hbond substituents is 1. The molecule has 0 atom stereocenters. The fourth-order valence-corrected chi connectivity index (χ4v) is 3.61. The third kappa shape index (κ3) is 3.57. The molecule has 0 amide bonds. The first-order valence-electron chi connectivity index (χ1n) is 9.93. The van der Waals surface area contributed by atoms with Crippen molar-refractivity contribution in [1.29, 1.82) is 0 Å². The van der Waals surface area contributed by atoms with Gasteiger partial charge in [-0.2, -0.15) is 0 Å². The first-order valence-corrected chi connectivity index (χ1v) is 9.93. The lowest BCUT2D eigenvalue weighted by Gasteiger charge is -2.06. The molecule has 0 unspecified atom stereocenters. The summed E-state index contributed by atoms with van der Waals surface area (Å²) >= 11 is 0. The molecule has 10 nitrogen and oxygen atoms in total. The van der Waals surface area contributed by atoms with Crippen molar-refractivity contribution in [3.05, 3.63) is 69.9 Å². The van der Waals surface area contributed by atoms with Gasteiger partial charge in [0, 0.05) is 18.0 Å². The number of nitro groups is 1. The van der Waals surface area contributed by atoms with E-state index in [2.05, 4.69) is 4.99 Å². The van der Waals surface area contributed by atoms with Crippen LogP contribution in [0.15, 0.2) is 53.7 Å². The number of aliphatic imine (C=N–C) groups is 1. The van der Waals surface area contributed by atoms with Gasteiger partial charge in [-0.15, -0.1) is 0 Å². The number of hydrogen-bond acceptors (Lipinski definition) is 8. The zero-order chi connectivity index (χ0) is 23.1. The van der Waals surface area contributed by atoms with Gasteiger partial charge in [0.25, 0.3) is 5.69 Å². The molecule has 33 heavy (non-hydrogen) atoms. The Kier molecular flexibility index (Phi) is 4.82. The van der Waals surface area contributed by atoms with Crippen LogP contribution in [0.25, 0.3) is 16.9 Å². The molecule has 1 aliphatic heterocycles. The van der Waals surface area contributed by atoms with Crippen LogP contribution in [0.3, 0.4) is 0 Å². The summed E-state index contributed by atoms with van der Waals surface area (Å²) in [7, 11) is 1.46. The van der Waals surface area contributed by atoms with E-state index in [1.165, 1.54) is 31.5 Å². The zero-order valence-electron chi connectivity index (χ0n) is 17.7. The maximum Gasteiger partial charge on any atom is 0.282 e. The van der Waals surface area contributed by atoms with Crippen LogP contribution in [0.5, 0.6) is 23.0 Å². The molecule has 0 bridgehead atoms. The van der Waals surface area contributed by atoms with Crippen molar-refractivity contribution in [1.82, 2.24) is 9.38 Å². The monoisotopic (exact) mass is 446 g/mol. The summed E-state index contributed by atoms with van der Waals surface area (Å²) < 4.78 is 17.6. The summed E-state index contributed by atoms with van der Waals surface area (Å²) in [5.41, 5.74) is 2.98. The number of nitrogens with zero attached hydrogens (tertiary/aromatic N) is 4. The second-order valence-electron chi connectivity index (χ2n) is 7.38. The van der Waals surface area contributed by atoms with E-state index in [9.17, 15) is 15.2 Å². The average molecular weight is 446 g/mol. The van der Waals surface area contributed by atoms with Crippen LogP contribution >= 0.6 is 0 Å². The number of aryl methyl sites for hydroxylation is 1. The number of benzene rings is 2. The van der Waals surface area contributed by atoms with Crippen molar-refractivity contribution < 1.29 is 24.2 Å². The lowest BCUT2D eigenvalue weighted by Crippen LogP contribution is -1.95. The predicted molar refractivity (Wildman–Crippen MR) is 120 cm³/mol. The van der Waals surface area contributed by atoms with E-state index in [0.29, 0.717) is 40.0 Å². The highest BCUT2D eigenvalue weighted by Crippen LogP contribution is 2.39. The van der Waals surface area contributed by atoms with E-state index < -0.39 is 4.92 Å². The third-order valence-corrected chi connectivity index (χ3v) is 5.25. The Morgan fingerprint density at radius 3 is 2.76 bits per heavy atom. The largest absolute Gasteiger partial charge is 0.504 e. The SMILES string of the molecule is COc1cc(-c2nc3cc(C)ccn3c2N=Cc2cc3c(cc2[N+](=O)[O-])OCO3)ccc1O. The fraction of sp³-hybridized carbons (Fsp3) is 0.130. The Labute approximate surface area is 187 Å². The minimum Gasteiger partial charge on any atom is -0.504 e. The summed E-state index contributed by atoms with van der Waals surface area (Å²) in [6, 6.07) is 11.6. The molecular formula is C23H18N4O6. The van der Waals surface area contributed by atoms with Gasteiger partial charge < -0.3 is 19.3 Å². The number of hydrogen-bond donors (Lipinski definition) is 1. The highest BCUT2D eigenvalue weighted by Gasteiger charge is 2.23. The lowest BCUT2D eigenvalue weighted by molar-refractivity contribution is -0.385. The summed E-state index contributed by atoms with van der Waals surface area (Å²) in [5.74, 6) is 1.49. The number of aromatic hydroxyl groups is 1. The number of imidazole rings is 1. The topological polar surface area (TPSA) is 121 Å². The Hall–Kier alpha value is -4.60. The molecule has 0 spiro atoms. The maximum absolute atomic E-state index is 11.6. The molecular weight excluding hydrogens is 428 g/mol. The molecule has 10 heteroatoms. The molecule has 0 aliphatic carbocycles. The minimum atomic E-state index is -0.493. The molecule has 1 aliphatic rings. The fourth-order valence-electron chi connectivity index (χ4n) is 3.61. The van der Waals surface area contributed by atoms with Crippen LogP contribution in [-0.2, 0) is 0 Å². The maximum atomic E-state index is 11.6. The third-order valence-electron chi connectivity index (χ3n) is 5.25. The molecule has 0 fully saturated rings. The molecule has 166 valence electrons. The van der Waals surface area contributed by atoms with E-state index in [0.717, 1.165) is 5.56 Å². The summed E-state index contributed by atoms with van der Waals surface area (Å²) in [5, 5.41) is 21.6. The normalized spacial score (nSPS) is 12.5. The van der Waals surface area contributed by atoms with Crippen molar-refractivity contribution in [3.8, 4) is 34.3 Å². The van der Waals surface area contributed by atoms with Gasteiger partial charge in [-0.3, -0.25) is 14.5 Å². The molecule has 0 saturated heterocycles. The van der Waals surface area contributed by atoms with E-state index in [4.69, 9.17) is 19.2 Å². The lowest BCUT2D eigenvalue weighted by atomic mass is 10.1. The first kappa shape index (κ1) is 20.3. The standard InChI is InChI=1S/C23H18N4O6/c1-13-5-6-26-21(7-13)25-22(14-3-4-17(28)18(8-14)31-2)23(26)24-11-15-9-19-20(33-12-32-19)10-16(15)27(29)30/h3-11,28H,12H2,1-2H3. The molecule has 2 aromatic carbocycles. The van der Waals surface area contributed by atoms with Gasteiger partial charge >= 0.3 is 0 Å². The molecule has 4 aromatic rings. The highest BCUT2D eigenvalue weighted by atomic mass is 16.7. The van der Waals surface area contributed by atoms with Gasteiger partial charge in [0.05, 0.1) is 23.7 Å². The van der Waals surface area contributed by atoms with Crippen molar-refractivity contribution in [3.63, 3.8) is 0 Å². The molecule has 3 heterocycles. The Morgan fingerprint density at radius 2 is 2.00 bits per heavy atom. The number of aromatic nitrogens is 2. The molecule has 1 N–H and O–H groups in total. The van der Waals surface area contributed by atoms with Crippen LogP contribution in [-0.4, -0.2) is 39.5 Å². The minimum absolute atomic E-state index is 0.00175. The Balaban J connectivity index is 1.68. The quantitative estimate of drug-likeness (QED) is 0.274. The highest BCUT2D eigenvalue weighted by molar-refractivity contribution is 5.90. The van der Waals surface area contributed by atoms with Gasteiger partial charge in [-0.1, -0.05) is 0 Å². The van der Waals surface area contributed by atoms with Crippen LogP contribution in [0, 0.1) is 17.0 Å². The van der Waals surface area contributed by atoms with Gasteiger partial charge in [-0.25, -0.2) is 9.98 Å². The average Bonchev–Trinajstić information content (AvgIpc) is 3.40. The van der Waals surface area contributed by atoms with E-state index >= 15 is 0 Å². The molecule has 2 aromatic heterocycles. The number of pyridine rings is 1. The van der Waals surface area contributed by atoms with Crippen LogP contribution < -0.4 is 14.2 Å². The van der Waals surface area contributed by atoms with Crippen molar-refractivity contribution in [2.24, 2.45) is 4.99 Å². The van der Waals surface area contributed by atoms with E-state index in [1.807, 2.05) is 25.3 Å². The predicted octanol–water partition coefficient (Wildman–Crippen LogP) is 4.41. The number of phenols is 1. The number of methoxy groups -OCH3 is 1. The number of fused-ring (bicyclic) bond motifs is 2. The van der Waals surface area contributed by atoms with Crippen molar-refractivity contribution in [2.45, 2.75) is 6.92 Å². The van der Waals surface area contributed by atoms with E-state index in [1.54, 1.807) is 16.5 Å². The van der Waals surface area contributed by atoms with Crippen LogP contribution in [0.2, 0.25) is 0 Å². The van der Waals surface area contributed by atoms with Gasteiger partial charge in [0.1, 0.15) is 11.3 Å². The van der Waals surface area contributed by atoms with Crippen LogP contribution in [0.4, 0.5) is 11.5 Å². The van der Waals surface area contributed by atoms with E-state index in [-0.39, 0.29) is 23.8 Å². The molecule has 5 rings (SSSR count). The van der Waals surface area contributed by atoms with Gasteiger partial charge in [0.15, 0.2) is 28.8 Å². The number of nitro benzene ring substituents is 1. The Bertz CT molecular complexity index is 1440. The summed E-state index contributed by atoms with van der Waals surface area (Å²) in [6.45, 7) is 1.96. The smallest absolute Gasteiger partial charge is 0.282 e. The van der Waals surface area contributed by atoms with Crippen molar-refractivity contribution in [2.75, 3.05) is 13.9 Å². The first-order chi connectivity index (χ1) is 15.9. The van der Waals surface area contributed by atoms with Crippen molar-refractivity contribution >= 4 is 23.4 Å². The zero-order valence-corrected chi connectivity index (χ0v) is 17.7. The summed E-state index contributed by atoms with van der Waals surface area (Å²) in [4.78, 5) is 20.4. The Morgan fingerprint density at radius 1 is 1.21 bits per heavy atom. The van der Waals surface area contributed by atoms with Crippen LogP contribution in [0.1, 0.15) is 11.1 Å². The second-order valence-corrected chi connectivity index (χ2v) is 7.38. The molecule has 0 saturated carbocycles. The van der Waals surface area contributed by atoms with Gasteiger partial charge in [0.2, 0.25) is 6.79 Å². The summed E-state index contributed by atoms with van der Waals surface area (Å²) in [6.07, 6.45) is 3.24. The number of ether oxygens (including phenoxy) is 3. The van der Waals surface area contributed by atoms with Gasteiger partial charge in [-0.05, 0) is 48.9 Å². The number of rotatable bonds is 5. The second kappa shape index (κ2) is 7.83. The molecule has 0 radical (unpaired) electrons.